The van der Waals surface area contributed by atoms with Crippen LogP contribution in [0.5, 0.6) is 5.75 Å². The van der Waals surface area contributed by atoms with Gasteiger partial charge in [0.05, 0.1) is 19.6 Å². The molecule has 1 aliphatic carbocycles. The summed E-state index contributed by atoms with van der Waals surface area (Å²) in [5, 5.41) is 14.7. The van der Waals surface area contributed by atoms with Gasteiger partial charge in [0.1, 0.15) is 5.75 Å². The van der Waals surface area contributed by atoms with Crippen LogP contribution in [-0.4, -0.2) is 42.8 Å². The number of amides is 2. The molecule has 0 spiro atoms. The normalized spacial score (nSPS) is 18.8. The maximum atomic E-state index is 12.0. The molecule has 0 radical (unpaired) electrons. The Hall–Kier alpha value is -2.77. The van der Waals surface area contributed by atoms with Crippen LogP contribution in [0.4, 0.5) is 4.79 Å². The van der Waals surface area contributed by atoms with Crippen molar-refractivity contribution in [2.75, 3.05) is 13.7 Å². The van der Waals surface area contributed by atoms with Gasteiger partial charge >= 0.3 is 18.0 Å². The summed E-state index contributed by atoms with van der Waals surface area (Å²) in [6.45, 7) is 0.818. The highest BCUT2D eigenvalue weighted by Crippen LogP contribution is 2.24. The van der Waals surface area contributed by atoms with Gasteiger partial charge in [-0.15, -0.1) is 0 Å². The van der Waals surface area contributed by atoms with E-state index in [2.05, 4.69) is 15.4 Å². The fourth-order valence-electron chi connectivity index (χ4n) is 3.12. The molecule has 2 rings (SSSR count). The van der Waals surface area contributed by atoms with E-state index in [-0.39, 0.29) is 24.0 Å². The lowest BCUT2D eigenvalue weighted by molar-refractivity contribution is -0.143. The molecule has 0 bridgehead atoms. The summed E-state index contributed by atoms with van der Waals surface area (Å²) < 4.78 is 10.1. The second-order valence-electron chi connectivity index (χ2n) is 6.89. The van der Waals surface area contributed by atoms with Crippen molar-refractivity contribution in [1.29, 1.82) is 0 Å². The SMILES string of the molecule is COC(=O)CCCOc1ccc(CNC(=O)NC2CCC(C(=O)O)CC2)cc1. The number of hydrogen-bond donors (Lipinski definition) is 3. The second kappa shape index (κ2) is 11.2. The van der Waals surface area contributed by atoms with E-state index in [1.807, 2.05) is 24.3 Å². The lowest BCUT2D eigenvalue weighted by Crippen LogP contribution is -2.43. The molecule has 1 aromatic rings. The molecule has 1 aromatic carbocycles. The van der Waals surface area contributed by atoms with E-state index in [0.717, 1.165) is 5.56 Å². The van der Waals surface area contributed by atoms with Gasteiger partial charge in [0.25, 0.3) is 0 Å². The van der Waals surface area contributed by atoms with Crippen molar-refractivity contribution in [1.82, 2.24) is 10.6 Å². The van der Waals surface area contributed by atoms with Crippen molar-refractivity contribution in [3.05, 3.63) is 29.8 Å². The minimum atomic E-state index is -0.751. The molecule has 8 nitrogen and oxygen atoms in total. The highest BCUT2D eigenvalue weighted by atomic mass is 16.5. The summed E-state index contributed by atoms with van der Waals surface area (Å²) in [4.78, 5) is 34.0. The number of rotatable bonds is 9. The van der Waals surface area contributed by atoms with Crippen molar-refractivity contribution in [2.45, 2.75) is 51.1 Å². The van der Waals surface area contributed by atoms with Crippen LogP contribution in [0.2, 0.25) is 0 Å². The molecule has 2 amide bonds. The fourth-order valence-corrected chi connectivity index (χ4v) is 3.12. The maximum absolute atomic E-state index is 12.0. The lowest BCUT2D eigenvalue weighted by atomic mass is 9.86. The number of hydrogen-bond acceptors (Lipinski definition) is 5. The predicted molar refractivity (Wildman–Crippen MR) is 102 cm³/mol. The van der Waals surface area contributed by atoms with Gasteiger partial charge in [-0.1, -0.05) is 12.1 Å². The smallest absolute Gasteiger partial charge is 0.315 e. The third-order valence-corrected chi connectivity index (χ3v) is 4.81. The molecular formula is C20H28N2O6. The van der Waals surface area contributed by atoms with Gasteiger partial charge in [-0.2, -0.15) is 0 Å². The van der Waals surface area contributed by atoms with Gasteiger partial charge in [-0.3, -0.25) is 9.59 Å². The minimum absolute atomic E-state index is 0.0244. The van der Waals surface area contributed by atoms with E-state index in [1.165, 1.54) is 7.11 Å². The number of methoxy groups -OCH3 is 1. The zero-order valence-electron chi connectivity index (χ0n) is 16.1. The molecule has 0 aromatic heterocycles. The molecular weight excluding hydrogens is 364 g/mol. The van der Waals surface area contributed by atoms with Crippen molar-refractivity contribution in [3.8, 4) is 5.75 Å². The monoisotopic (exact) mass is 392 g/mol. The molecule has 1 saturated carbocycles. The quantitative estimate of drug-likeness (QED) is 0.439. The molecule has 0 aliphatic heterocycles. The maximum Gasteiger partial charge on any atom is 0.315 e. The first-order chi connectivity index (χ1) is 13.5. The van der Waals surface area contributed by atoms with Gasteiger partial charge in [0.15, 0.2) is 0 Å². The number of urea groups is 1. The Bertz CT molecular complexity index is 653. The zero-order chi connectivity index (χ0) is 20.4. The van der Waals surface area contributed by atoms with E-state index < -0.39 is 5.97 Å². The van der Waals surface area contributed by atoms with Crippen LogP contribution in [0.15, 0.2) is 24.3 Å². The molecule has 1 aliphatic rings. The number of esters is 1. The first kappa shape index (κ1) is 21.5. The lowest BCUT2D eigenvalue weighted by Gasteiger charge is -2.26. The number of benzene rings is 1. The number of carboxylic acids is 1. The van der Waals surface area contributed by atoms with Gasteiger partial charge in [-0.25, -0.2) is 4.79 Å². The standard InChI is InChI=1S/C20H28N2O6/c1-27-18(23)3-2-12-28-17-10-4-14(5-11-17)13-21-20(26)22-16-8-6-15(7-9-16)19(24)25/h4-5,10-11,15-16H,2-3,6-9,12-13H2,1H3,(H,24,25)(H2,21,22,26). The van der Waals surface area contributed by atoms with Gasteiger partial charge < -0.3 is 25.2 Å². The topological polar surface area (TPSA) is 114 Å². The Morgan fingerprint density at radius 2 is 1.79 bits per heavy atom. The van der Waals surface area contributed by atoms with Crippen LogP contribution in [0, 0.1) is 5.92 Å². The molecule has 0 unspecified atom stereocenters. The summed E-state index contributed by atoms with van der Waals surface area (Å²) >= 11 is 0. The highest BCUT2D eigenvalue weighted by molar-refractivity contribution is 5.74. The van der Waals surface area contributed by atoms with Gasteiger partial charge in [-0.05, 0) is 49.8 Å². The molecule has 1 fully saturated rings. The molecule has 3 N–H and O–H groups in total. The number of nitrogens with one attached hydrogen (secondary N) is 2. The third kappa shape index (κ3) is 7.46. The van der Waals surface area contributed by atoms with Crippen LogP contribution < -0.4 is 15.4 Å². The van der Waals surface area contributed by atoms with Crippen LogP contribution in [0.25, 0.3) is 0 Å². The average molecular weight is 392 g/mol. The summed E-state index contributed by atoms with van der Waals surface area (Å²) in [5.41, 5.74) is 0.937. The number of carbonyl (C=O) groups excluding carboxylic acids is 2. The number of carboxylic acid groups (broad SMARTS) is 1. The Morgan fingerprint density at radius 3 is 2.39 bits per heavy atom. The first-order valence-electron chi connectivity index (χ1n) is 9.53. The summed E-state index contributed by atoms with van der Waals surface area (Å²) in [6.07, 6.45) is 3.48. The van der Waals surface area contributed by atoms with E-state index in [4.69, 9.17) is 9.84 Å². The highest BCUT2D eigenvalue weighted by Gasteiger charge is 2.26. The van der Waals surface area contributed by atoms with Crippen molar-refractivity contribution in [3.63, 3.8) is 0 Å². The summed E-state index contributed by atoms with van der Waals surface area (Å²) in [6, 6.07) is 7.15. The van der Waals surface area contributed by atoms with Crippen LogP contribution in [0.1, 0.15) is 44.1 Å². The molecule has 154 valence electrons. The van der Waals surface area contributed by atoms with Crippen LogP contribution in [0.3, 0.4) is 0 Å². The van der Waals surface area contributed by atoms with Crippen LogP contribution >= 0.6 is 0 Å². The summed E-state index contributed by atoms with van der Waals surface area (Å²) in [5.74, 6) is -0.590. The van der Waals surface area contributed by atoms with E-state index in [9.17, 15) is 14.4 Å². The van der Waals surface area contributed by atoms with Crippen molar-refractivity contribution >= 4 is 18.0 Å². The Balaban J connectivity index is 1.64. The Labute approximate surface area is 164 Å². The van der Waals surface area contributed by atoms with Gasteiger partial charge in [0, 0.05) is 19.0 Å². The Morgan fingerprint density at radius 1 is 1.11 bits per heavy atom. The molecule has 0 heterocycles. The fraction of sp³-hybridized carbons (Fsp3) is 0.550. The average Bonchev–Trinajstić information content (AvgIpc) is 2.70. The number of aliphatic carboxylic acids is 1. The zero-order valence-corrected chi connectivity index (χ0v) is 16.1. The predicted octanol–water partition coefficient (Wildman–Crippen LogP) is 2.46. The van der Waals surface area contributed by atoms with E-state index in [0.29, 0.717) is 57.4 Å². The van der Waals surface area contributed by atoms with Crippen LogP contribution in [-0.2, 0) is 20.9 Å². The second-order valence-corrected chi connectivity index (χ2v) is 6.89. The number of ether oxygens (including phenoxy) is 2. The van der Waals surface area contributed by atoms with E-state index in [1.54, 1.807) is 0 Å². The Kier molecular flexibility index (Phi) is 8.58. The largest absolute Gasteiger partial charge is 0.494 e. The van der Waals surface area contributed by atoms with Crippen molar-refractivity contribution < 1.29 is 29.0 Å². The molecule has 8 heteroatoms. The molecule has 0 atom stereocenters. The summed E-state index contributed by atoms with van der Waals surface area (Å²) in [7, 11) is 1.36. The number of carbonyl (C=O) groups is 3. The molecule has 0 saturated heterocycles. The van der Waals surface area contributed by atoms with Crippen molar-refractivity contribution in [2.24, 2.45) is 5.92 Å². The third-order valence-electron chi connectivity index (χ3n) is 4.81. The first-order valence-corrected chi connectivity index (χ1v) is 9.53. The van der Waals surface area contributed by atoms with E-state index >= 15 is 0 Å². The van der Waals surface area contributed by atoms with Gasteiger partial charge in [0.2, 0.25) is 0 Å². The molecule has 28 heavy (non-hydrogen) atoms. The minimum Gasteiger partial charge on any atom is -0.494 e.